The van der Waals surface area contributed by atoms with Gasteiger partial charge in [-0.05, 0) is 42.2 Å². The van der Waals surface area contributed by atoms with Crippen molar-refractivity contribution in [2.75, 3.05) is 7.11 Å². The SMILES string of the molecule is CCc1ccc(OC)c(-c2ccccc2C(C)O)c1. The Labute approximate surface area is 114 Å². The lowest BCUT2D eigenvalue weighted by Crippen LogP contribution is -1.97. The van der Waals surface area contributed by atoms with Crippen LogP contribution in [0.15, 0.2) is 42.5 Å². The van der Waals surface area contributed by atoms with E-state index in [9.17, 15) is 5.11 Å². The molecular formula is C17H20O2. The highest BCUT2D eigenvalue weighted by Gasteiger charge is 2.13. The molecule has 0 aliphatic rings. The molecule has 2 aromatic carbocycles. The zero-order valence-corrected chi connectivity index (χ0v) is 11.7. The summed E-state index contributed by atoms with van der Waals surface area (Å²) in [5, 5.41) is 9.92. The number of benzene rings is 2. The number of hydrogen-bond acceptors (Lipinski definition) is 2. The van der Waals surface area contributed by atoms with Crippen LogP contribution in [0, 0.1) is 0 Å². The minimum absolute atomic E-state index is 0.494. The van der Waals surface area contributed by atoms with E-state index in [1.165, 1.54) is 5.56 Å². The van der Waals surface area contributed by atoms with Gasteiger partial charge in [-0.25, -0.2) is 0 Å². The van der Waals surface area contributed by atoms with E-state index >= 15 is 0 Å². The number of rotatable bonds is 4. The maximum absolute atomic E-state index is 9.92. The van der Waals surface area contributed by atoms with Gasteiger partial charge in [-0.1, -0.05) is 37.3 Å². The van der Waals surface area contributed by atoms with E-state index in [1.807, 2.05) is 30.3 Å². The Hall–Kier alpha value is -1.80. The van der Waals surface area contributed by atoms with Crippen molar-refractivity contribution in [1.29, 1.82) is 0 Å². The summed E-state index contributed by atoms with van der Waals surface area (Å²) in [7, 11) is 1.68. The predicted molar refractivity (Wildman–Crippen MR) is 78.4 cm³/mol. The first-order valence-corrected chi connectivity index (χ1v) is 6.61. The fourth-order valence-electron chi connectivity index (χ4n) is 2.29. The standard InChI is InChI=1S/C17H20O2/c1-4-13-9-10-17(19-3)16(11-13)15-8-6-5-7-14(15)12(2)18/h5-12,18H,4H2,1-3H3. The monoisotopic (exact) mass is 256 g/mol. The fourth-order valence-corrected chi connectivity index (χ4v) is 2.29. The molecule has 100 valence electrons. The highest BCUT2D eigenvalue weighted by molar-refractivity contribution is 5.74. The summed E-state index contributed by atoms with van der Waals surface area (Å²) in [5.41, 5.74) is 4.26. The summed E-state index contributed by atoms with van der Waals surface area (Å²) in [6.07, 6.45) is 0.486. The van der Waals surface area contributed by atoms with Crippen molar-refractivity contribution in [3.05, 3.63) is 53.6 Å². The molecule has 0 bridgehead atoms. The van der Waals surface area contributed by atoms with Gasteiger partial charge in [-0.15, -0.1) is 0 Å². The van der Waals surface area contributed by atoms with Gasteiger partial charge in [0.1, 0.15) is 5.75 Å². The maximum Gasteiger partial charge on any atom is 0.126 e. The molecule has 0 spiro atoms. The molecule has 2 rings (SSSR count). The molecule has 2 nitrogen and oxygen atoms in total. The Morgan fingerprint density at radius 1 is 1.11 bits per heavy atom. The third kappa shape index (κ3) is 2.79. The lowest BCUT2D eigenvalue weighted by atomic mass is 9.94. The van der Waals surface area contributed by atoms with E-state index in [0.717, 1.165) is 28.9 Å². The molecular weight excluding hydrogens is 236 g/mol. The summed E-state index contributed by atoms with van der Waals surface area (Å²) >= 11 is 0. The number of aliphatic hydroxyl groups excluding tert-OH is 1. The minimum atomic E-state index is -0.494. The topological polar surface area (TPSA) is 29.5 Å². The molecule has 19 heavy (non-hydrogen) atoms. The highest BCUT2D eigenvalue weighted by atomic mass is 16.5. The van der Waals surface area contributed by atoms with Crippen molar-refractivity contribution >= 4 is 0 Å². The number of methoxy groups -OCH3 is 1. The molecule has 0 aliphatic heterocycles. The molecule has 0 aliphatic carbocycles. The van der Waals surface area contributed by atoms with Crippen LogP contribution in [-0.4, -0.2) is 12.2 Å². The molecule has 2 heteroatoms. The highest BCUT2D eigenvalue weighted by Crippen LogP contribution is 2.35. The number of ether oxygens (including phenoxy) is 1. The summed E-state index contributed by atoms with van der Waals surface area (Å²) in [6, 6.07) is 14.1. The van der Waals surface area contributed by atoms with Gasteiger partial charge in [0.15, 0.2) is 0 Å². The second kappa shape index (κ2) is 5.89. The zero-order chi connectivity index (χ0) is 13.8. The van der Waals surface area contributed by atoms with Gasteiger partial charge in [-0.3, -0.25) is 0 Å². The average molecular weight is 256 g/mol. The van der Waals surface area contributed by atoms with Gasteiger partial charge in [0.25, 0.3) is 0 Å². The van der Waals surface area contributed by atoms with Crippen molar-refractivity contribution in [1.82, 2.24) is 0 Å². The molecule has 1 N–H and O–H groups in total. The number of aliphatic hydroxyl groups is 1. The van der Waals surface area contributed by atoms with Crippen molar-refractivity contribution < 1.29 is 9.84 Å². The Kier molecular flexibility index (Phi) is 4.23. The van der Waals surface area contributed by atoms with Crippen LogP contribution in [0.1, 0.15) is 31.1 Å². The molecule has 0 amide bonds. The summed E-state index contributed by atoms with van der Waals surface area (Å²) in [4.78, 5) is 0. The van der Waals surface area contributed by atoms with Gasteiger partial charge in [0.05, 0.1) is 13.2 Å². The smallest absolute Gasteiger partial charge is 0.126 e. The maximum atomic E-state index is 9.92. The first kappa shape index (κ1) is 13.6. The third-order valence-corrected chi connectivity index (χ3v) is 3.37. The van der Waals surface area contributed by atoms with Crippen molar-refractivity contribution in [2.24, 2.45) is 0 Å². The van der Waals surface area contributed by atoms with Gasteiger partial charge in [0.2, 0.25) is 0 Å². The Balaban J connectivity index is 2.63. The van der Waals surface area contributed by atoms with Crippen molar-refractivity contribution in [3.8, 4) is 16.9 Å². The molecule has 0 saturated heterocycles. The van der Waals surface area contributed by atoms with Crippen LogP contribution >= 0.6 is 0 Å². The minimum Gasteiger partial charge on any atom is -0.496 e. The van der Waals surface area contributed by atoms with Gasteiger partial charge in [-0.2, -0.15) is 0 Å². The Morgan fingerprint density at radius 2 is 1.84 bits per heavy atom. The van der Waals surface area contributed by atoms with Crippen LogP contribution in [-0.2, 0) is 6.42 Å². The van der Waals surface area contributed by atoms with E-state index in [-0.39, 0.29) is 0 Å². The number of aryl methyl sites for hydroxylation is 1. The van der Waals surface area contributed by atoms with Crippen molar-refractivity contribution in [3.63, 3.8) is 0 Å². The van der Waals surface area contributed by atoms with Gasteiger partial charge >= 0.3 is 0 Å². The molecule has 0 aromatic heterocycles. The third-order valence-electron chi connectivity index (χ3n) is 3.37. The van der Waals surface area contributed by atoms with Crippen LogP contribution < -0.4 is 4.74 Å². The second-order valence-electron chi connectivity index (χ2n) is 4.65. The van der Waals surface area contributed by atoms with Crippen molar-refractivity contribution in [2.45, 2.75) is 26.4 Å². The van der Waals surface area contributed by atoms with Crippen LogP contribution in [0.4, 0.5) is 0 Å². The molecule has 0 saturated carbocycles. The molecule has 2 aromatic rings. The van der Waals surface area contributed by atoms with Crippen LogP contribution in [0.25, 0.3) is 11.1 Å². The normalized spacial score (nSPS) is 12.2. The lowest BCUT2D eigenvalue weighted by molar-refractivity contribution is 0.200. The Bertz CT molecular complexity index is 559. The molecule has 0 radical (unpaired) electrons. The van der Waals surface area contributed by atoms with E-state index in [1.54, 1.807) is 14.0 Å². The van der Waals surface area contributed by atoms with Crippen LogP contribution in [0.3, 0.4) is 0 Å². The quantitative estimate of drug-likeness (QED) is 0.896. The number of hydrogen-bond donors (Lipinski definition) is 1. The van der Waals surface area contributed by atoms with E-state index < -0.39 is 6.10 Å². The van der Waals surface area contributed by atoms with Crippen LogP contribution in [0.5, 0.6) is 5.75 Å². The summed E-state index contributed by atoms with van der Waals surface area (Å²) in [5.74, 6) is 0.838. The molecule has 1 unspecified atom stereocenters. The molecule has 0 fully saturated rings. The lowest BCUT2D eigenvalue weighted by Gasteiger charge is -2.15. The van der Waals surface area contributed by atoms with Crippen LogP contribution in [0.2, 0.25) is 0 Å². The Morgan fingerprint density at radius 3 is 2.47 bits per heavy atom. The van der Waals surface area contributed by atoms with E-state index in [0.29, 0.717) is 0 Å². The zero-order valence-electron chi connectivity index (χ0n) is 11.7. The molecule has 0 heterocycles. The van der Waals surface area contributed by atoms with Gasteiger partial charge in [0, 0.05) is 5.56 Å². The summed E-state index contributed by atoms with van der Waals surface area (Å²) in [6.45, 7) is 3.92. The predicted octanol–water partition coefficient (Wildman–Crippen LogP) is 3.98. The summed E-state index contributed by atoms with van der Waals surface area (Å²) < 4.78 is 5.45. The van der Waals surface area contributed by atoms with E-state index in [4.69, 9.17) is 4.74 Å². The first-order valence-electron chi connectivity index (χ1n) is 6.61. The fraction of sp³-hybridized carbons (Fsp3) is 0.294. The second-order valence-corrected chi connectivity index (χ2v) is 4.65. The largest absolute Gasteiger partial charge is 0.496 e. The molecule has 1 atom stereocenters. The first-order chi connectivity index (χ1) is 9.17. The van der Waals surface area contributed by atoms with E-state index in [2.05, 4.69) is 19.1 Å². The average Bonchev–Trinajstić information content (AvgIpc) is 2.46. The van der Waals surface area contributed by atoms with Gasteiger partial charge < -0.3 is 9.84 Å².